The number of rotatable bonds is 4. The SMILES string of the molecule is COc1ccc(C(=O)N2CC(C(=O)O)C2)cc1OC. The van der Waals surface area contributed by atoms with Crippen molar-refractivity contribution < 1.29 is 24.2 Å². The van der Waals surface area contributed by atoms with Crippen molar-refractivity contribution in [1.82, 2.24) is 4.90 Å². The number of benzene rings is 1. The molecule has 0 atom stereocenters. The number of aliphatic carboxylic acids is 1. The molecule has 0 saturated carbocycles. The van der Waals surface area contributed by atoms with Crippen molar-refractivity contribution in [3.63, 3.8) is 0 Å². The first-order valence-electron chi connectivity index (χ1n) is 5.81. The standard InChI is InChI=1S/C13H15NO5/c1-18-10-4-3-8(5-11(10)19-2)12(15)14-6-9(7-14)13(16)17/h3-5,9H,6-7H2,1-2H3,(H,16,17). The third kappa shape index (κ3) is 2.47. The van der Waals surface area contributed by atoms with Gasteiger partial charge in [-0.15, -0.1) is 0 Å². The van der Waals surface area contributed by atoms with Gasteiger partial charge in [0.15, 0.2) is 11.5 Å². The molecule has 1 aromatic rings. The van der Waals surface area contributed by atoms with Gasteiger partial charge < -0.3 is 19.5 Å². The molecule has 1 saturated heterocycles. The maximum absolute atomic E-state index is 12.1. The number of carboxylic acid groups (broad SMARTS) is 1. The fraction of sp³-hybridized carbons (Fsp3) is 0.385. The van der Waals surface area contributed by atoms with E-state index >= 15 is 0 Å². The highest BCUT2D eigenvalue weighted by Crippen LogP contribution is 2.29. The van der Waals surface area contributed by atoms with Crippen LogP contribution < -0.4 is 9.47 Å². The maximum Gasteiger partial charge on any atom is 0.310 e. The number of nitrogens with zero attached hydrogens (tertiary/aromatic N) is 1. The number of hydrogen-bond donors (Lipinski definition) is 1. The monoisotopic (exact) mass is 265 g/mol. The zero-order valence-electron chi connectivity index (χ0n) is 10.8. The van der Waals surface area contributed by atoms with Gasteiger partial charge in [0.25, 0.3) is 5.91 Å². The predicted molar refractivity (Wildman–Crippen MR) is 66.6 cm³/mol. The number of methoxy groups -OCH3 is 2. The Hall–Kier alpha value is -2.24. The Morgan fingerprint density at radius 2 is 1.84 bits per heavy atom. The molecule has 19 heavy (non-hydrogen) atoms. The predicted octanol–water partition coefficient (Wildman–Crippen LogP) is 0.860. The smallest absolute Gasteiger partial charge is 0.310 e. The second-order valence-electron chi connectivity index (χ2n) is 4.32. The van der Waals surface area contributed by atoms with Crippen molar-refractivity contribution in [2.75, 3.05) is 27.3 Å². The third-order valence-corrected chi connectivity index (χ3v) is 3.15. The summed E-state index contributed by atoms with van der Waals surface area (Å²) >= 11 is 0. The van der Waals surface area contributed by atoms with E-state index in [0.717, 1.165) is 0 Å². The summed E-state index contributed by atoms with van der Waals surface area (Å²) in [5.74, 6) is -0.492. The number of carbonyl (C=O) groups excluding carboxylic acids is 1. The van der Waals surface area contributed by atoms with Crippen molar-refractivity contribution in [2.45, 2.75) is 0 Å². The fourth-order valence-electron chi connectivity index (χ4n) is 1.95. The molecule has 0 spiro atoms. The molecular formula is C13H15NO5. The van der Waals surface area contributed by atoms with Crippen LogP contribution in [0.3, 0.4) is 0 Å². The first-order chi connectivity index (χ1) is 9.06. The van der Waals surface area contributed by atoms with E-state index in [9.17, 15) is 9.59 Å². The van der Waals surface area contributed by atoms with Crippen LogP contribution in [0.15, 0.2) is 18.2 Å². The van der Waals surface area contributed by atoms with Crippen molar-refractivity contribution in [2.24, 2.45) is 5.92 Å². The zero-order valence-corrected chi connectivity index (χ0v) is 10.8. The topological polar surface area (TPSA) is 76.1 Å². The average molecular weight is 265 g/mol. The Kier molecular flexibility index (Phi) is 3.59. The van der Waals surface area contributed by atoms with Gasteiger partial charge >= 0.3 is 5.97 Å². The summed E-state index contributed by atoms with van der Waals surface area (Å²) in [7, 11) is 3.02. The van der Waals surface area contributed by atoms with E-state index in [2.05, 4.69) is 0 Å². The Balaban J connectivity index is 2.10. The van der Waals surface area contributed by atoms with E-state index < -0.39 is 11.9 Å². The summed E-state index contributed by atoms with van der Waals surface area (Å²) < 4.78 is 10.2. The summed E-state index contributed by atoms with van der Waals surface area (Å²) in [5.41, 5.74) is 0.460. The van der Waals surface area contributed by atoms with Gasteiger partial charge in [-0.3, -0.25) is 9.59 Å². The molecule has 0 radical (unpaired) electrons. The minimum atomic E-state index is -0.864. The molecule has 6 nitrogen and oxygen atoms in total. The lowest BCUT2D eigenvalue weighted by molar-refractivity contribution is -0.146. The first kappa shape index (κ1) is 13.2. The minimum absolute atomic E-state index is 0.196. The average Bonchev–Trinajstić information content (AvgIpc) is 2.35. The molecule has 1 aromatic carbocycles. The molecule has 0 aromatic heterocycles. The van der Waals surface area contributed by atoms with Crippen LogP contribution in [-0.4, -0.2) is 49.2 Å². The molecule has 1 amide bonds. The molecule has 0 bridgehead atoms. The van der Waals surface area contributed by atoms with Gasteiger partial charge in [-0.05, 0) is 18.2 Å². The van der Waals surface area contributed by atoms with Crippen molar-refractivity contribution in [3.05, 3.63) is 23.8 Å². The van der Waals surface area contributed by atoms with E-state index in [1.165, 1.54) is 19.1 Å². The quantitative estimate of drug-likeness (QED) is 0.873. The lowest BCUT2D eigenvalue weighted by Gasteiger charge is -2.36. The summed E-state index contributed by atoms with van der Waals surface area (Å²) in [6.45, 7) is 0.505. The molecule has 1 aliphatic heterocycles. The van der Waals surface area contributed by atoms with Gasteiger partial charge in [-0.25, -0.2) is 0 Å². The van der Waals surface area contributed by atoms with Crippen LogP contribution in [0.4, 0.5) is 0 Å². The van der Waals surface area contributed by atoms with Crippen LogP contribution in [0, 0.1) is 5.92 Å². The molecular weight excluding hydrogens is 250 g/mol. The van der Waals surface area contributed by atoms with Gasteiger partial charge in [0, 0.05) is 18.7 Å². The number of ether oxygens (including phenoxy) is 2. The number of carbonyl (C=O) groups is 2. The summed E-state index contributed by atoms with van der Waals surface area (Å²) in [5, 5.41) is 8.78. The van der Waals surface area contributed by atoms with Crippen LogP contribution in [-0.2, 0) is 4.79 Å². The van der Waals surface area contributed by atoms with Crippen LogP contribution in [0.5, 0.6) is 11.5 Å². The first-order valence-corrected chi connectivity index (χ1v) is 5.81. The number of amides is 1. The van der Waals surface area contributed by atoms with E-state index in [1.54, 1.807) is 18.2 Å². The highest BCUT2D eigenvalue weighted by molar-refractivity contribution is 5.96. The van der Waals surface area contributed by atoms with E-state index in [4.69, 9.17) is 14.6 Å². The minimum Gasteiger partial charge on any atom is -0.493 e. The zero-order chi connectivity index (χ0) is 14.0. The van der Waals surface area contributed by atoms with Gasteiger partial charge in [-0.2, -0.15) is 0 Å². The second-order valence-corrected chi connectivity index (χ2v) is 4.32. The largest absolute Gasteiger partial charge is 0.493 e. The Labute approximate surface area is 110 Å². The van der Waals surface area contributed by atoms with Crippen molar-refractivity contribution in [1.29, 1.82) is 0 Å². The highest BCUT2D eigenvalue weighted by Gasteiger charge is 2.36. The third-order valence-electron chi connectivity index (χ3n) is 3.15. The summed E-state index contributed by atoms with van der Waals surface area (Å²) in [6, 6.07) is 4.88. The lowest BCUT2D eigenvalue weighted by Crippen LogP contribution is -2.53. The molecule has 1 aliphatic rings. The molecule has 102 valence electrons. The Morgan fingerprint density at radius 1 is 1.21 bits per heavy atom. The summed E-state index contributed by atoms with van der Waals surface area (Å²) in [4.78, 5) is 24.3. The summed E-state index contributed by atoms with van der Waals surface area (Å²) in [6.07, 6.45) is 0. The molecule has 1 heterocycles. The van der Waals surface area contributed by atoms with Crippen molar-refractivity contribution >= 4 is 11.9 Å². The van der Waals surface area contributed by atoms with Crippen LogP contribution >= 0.6 is 0 Å². The van der Waals surface area contributed by atoms with Crippen LogP contribution in [0.2, 0.25) is 0 Å². The second kappa shape index (κ2) is 5.17. The molecule has 2 rings (SSSR count). The van der Waals surface area contributed by atoms with Crippen LogP contribution in [0.25, 0.3) is 0 Å². The normalized spacial score (nSPS) is 14.7. The number of hydrogen-bond acceptors (Lipinski definition) is 4. The van der Waals surface area contributed by atoms with Gasteiger partial charge in [0.1, 0.15) is 0 Å². The van der Waals surface area contributed by atoms with Crippen LogP contribution in [0.1, 0.15) is 10.4 Å². The Morgan fingerprint density at radius 3 is 2.37 bits per heavy atom. The molecule has 1 N–H and O–H groups in total. The van der Waals surface area contributed by atoms with E-state index in [1.807, 2.05) is 0 Å². The molecule has 0 unspecified atom stereocenters. The lowest BCUT2D eigenvalue weighted by atomic mass is 9.99. The highest BCUT2D eigenvalue weighted by atomic mass is 16.5. The fourth-order valence-corrected chi connectivity index (χ4v) is 1.95. The maximum atomic E-state index is 12.1. The van der Waals surface area contributed by atoms with E-state index in [0.29, 0.717) is 17.1 Å². The van der Waals surface area contributed by atoms with Crippen molar-refractivity contribution in [3.8, 4) is 11.5 Å². The van der Waals surface area contributed by atoms with Gasteiger partial charge in [0.05, 0.1) is 20.1 Å². The number of carboxylic acids is 1. The van der Waals surface area contributed by atoms with E-state index in [-0.39, 0.29) is 19.0 Å². The molecule has 1 fully saturated rings. The molecule has 0 aliphatic carbocycles. The molecule has 6 heteroatoms. The Bertz CT molecular complexity index is 508. The van der Waals surface area contributed by atoms with Gasteiger partial charge in [-0.1, -0.05) is 0 Å². The van der Waals surface area contributed by atoms with Gasteiger partial charge in [0.2, 0.25) is 0 Å². The number of likely N-dealkylation sites (tertiary alicyclic amines) is 1.